The highest BCUT2D eigenvalue weighted by molar-refractivity contribution is 6.33. The van der Waals surface area contributed by atoms with E-state index in [0.29, 0.717) is 16.3 Å². The summed E-state index contributed by atoms with van der Waals surface area (Å²) in [6.45, 7) is 1.85. The van der Waals surface area contributed by atoms with Gasteiger partial charge in [-0.1, -0.05) is 71.7 Å². The highest BCUT2D eigenvalue weighted by Crippen LogP contribution is 2.27. The van der Waals surface area contributed by atoms with Crippen molar-refractivity contribution in [3.8, 4) is 0 Å². The fraction of sp³-hybridized carbons (Fsp3) is 0.182. The largest absolute Gasteiger partial charge is 0.444 e. The van der Waals surface area contributed by atoms with Gasteiger partial charge in [-0.3, -0.25) is 10.1 Å². The van der Waals surface area contributed by atoms with Gasteiger partial charge in [0, 0.05) is 17.6 Å². The summed E-state index contributed by atoms with van der Waals surface area (Å²) in [5, 5.41) is 9.30. The molecule has 0 saturated heterocycles. The molecule has 1 heterocycles. The minimum atomic E-state index is -1.37. The summed E-state index contributed by atoms with van der Waals surface area (Å²) in [6, 6.07) is 14.8. The van der Waals surface area contributed by atoms with Crippen molar-refractivity contribution < 1.29 is 19.1 Å². The number of aromatic nitrogens is 2. The lowest BCUT2D eigenvalue weighted by molar-refractivity contribution is -0.129. The van der Waals surface area contributed by atoms with E-state index in [2.05, 4.69) is 15.7 Å². The first-order chi connectivity index (χ1) is 15.3. The molecule has 0 saturated carbocycles. The van der Waals surface area contributed by atoms with Gasteiger partial charge in [-0.25, -0.2) is 14.3 Å². The Kier molecular flexibility index (Phi) is 7.50. The topological polar surface area (TPSA) is 102 Å². The molecule has 3 amide bonds. The van der Waals surface area contributed by atoms with Crippen molar-refractivity contribution in [1.82, 2.24) is 20.4 Å². The molecule has 3 rings (SSSR count). The van der Waals surface area contributed by atoms with Gasteiger partial charge in [0.05, 0.1) is 12.2 Å². The molecule has 2 N–H and O–H groups in total. The first-order valence-electron chi connectivity index (χ1n) is 9.56. The Hall–Kier alpha value is -3.36. The van der Waals surface area contributed by atoms with Crippen LogP contribution in [0.1, 0.15) is 33.3 Å². The van der Waals surface area contributed by atoms with Gasteiger partial charge in [0.1, 0.15) is 10.7 Å². The molecule has 1 unspecified atom stereocenters. The molecule has 0 aliphatic carbocycles. The second-order valence-electron chi connectivity index (χ2n) is 6.76. The number of carbonyl (C=O) groups is 3. The summed E-state index contributed by atoms with van der Waals surface area (Å²) in [4.78, 5) is 37.2. The zero-order valence-corrected chi connectivity index (χ0v) is 18.8. The number of hydrogen-bond donors (Lipinski definition) is 2. The van der Waals surface area contributed by atoms with Crippen molar-refractivity contribution in [2.75, 3.05) is 7.05 Å². The lowest BCUT2D eigenvalue weighted by Crippen LogP contribution is -2.41. The third kappa shape index (κ3) is 5.27. The Morgan fingerprint density at radius 1 is 1.06 bits per heavy atom. The monoisotopic (exact) mass is 474 g/mol. The van der Waals surface area contributed by atoms with E-state index in [1.807, 2.05) is 12.1 Å². The first kappa shape index (κ1) is 23.3. The second-order valence-corrected chi connectivity index (χ2v) is 7.53. The molecule has 0 aliphatic rings. The third-order valence-corrected chi connectivity index (χ3v) is 5.33. The summed E-state index contributed by atoms with van der Waals surface area (Å²) < 4.78 is 6.91. The molecule has 0 fully saturated rings. The average Bonchev–Trinajstić information content (AvgIpc) is 3.06. The maximum Gasteiger partial charge on any atom is 0.344 e. The van der Waals surface area contributed by atoms with Crippen molar-refractivity contribution in [3.05, 3.63) is 87.2 Å². The smallest absolute Gasteiger partial charge is 0.344 e. The zero-order valence-electron chi connectivity index (χ0n) is 17.3. The van der Waals surface area contributed by atoms with Gasteiger partial charge in [-0.2, -0.15) is 5.10 Å². The molecular weight excluding hydrogens is 455 g/mol. The van der Waals surface area contributed by atoms with Crippen LogP contribution in [0.3, 0.4) is 0 Å². The van der Waals surface area contributed by atoms with Gasteiger partial charge in [-0.05, 0) is 18.6 Å². The number of ether oxygens (including phenoxy) is 1. The Bertz CT molecular complexity index is 1150. The molecule has 0 radical (unpaired) electrons. The van der Waals surface area contributed by atoms with Crippen LogP contribution in [0, 0.1) is 6.92 Å². The number of esters is 1. The Morgan fingerprint density at radius 2 is 1.72 bits per heavy atom. The third-order valence-electron chi connectivity index (χ3n) is 4.58. The van der Waals surface area contributed by atoms with Gasteiger partial charge < -0.3 is 10.1 Å². The number of imide groups is 1. The van der Waals surface area contributed by atoms with Crippen molar-refractivity contribution in [3.63, 3.8) is 0 Å². The maximum absolute atomic E-state index is 13.0. The first-order valence-corrected chi connectivity index (χ1v) is 10.3. The van der Waals surface area contributed by atoms with E-state index in [4.69, 9.17) is 27.9 Å². The number of halogens is 2. The standard InChI is InChI=1S/C22H20Cl2N4O4/c1-13-17(19(24)28(27-13)12-15-10-6-7-11-16(15)23)21(30)32-18(14-8-4-3-5-9-14)20(29)26-22(31)25-2/h3-11,18H,12H2,1-2H3,(H2,25,26,29,31). The van der Waals surface area contributed by atoms with Crippen LogP contribution in [-0.2, 0) is 16.1 Å². The molecule has 2 aromatic carbocycles. The number of nitrogens with zero attached hydrogens (tertiary/aromatic N) is 2. The number of nitrogens with one attached hydrogen (secondary N) is 2. The van der Waals surface area contributed by atoms with Crippen LogP contribution in [-0.4, -0.2) is 34.7 Å². The van der Waals surface area contributed by atoms with E-state index in [0.717, 1.165) is 5.56 Å². The quantitative estimate of drug-likeness (QED) is 0.527. The normalized spacial score (nSPS) is 11.5. The molecule has 3 aromatic rings. The van der Waals surface area contributed by atoms with Crippen molar-refractivity contribution >= 4 is 41.1 Å². The number of aryl methyl sites for hydroxylation is 1. The number of carbonyl (C=O) groups excluding carboxylic acids is 3. The van der Waals surface area contributed by atoms with Crippen LogP contribution < -0.4 is 10.6 Å². The minimum Gasteiger partial charge on any atom is -0.444 e. The van der Waals surface area contributed by atoms with Gasteiger partial charge in [0.25, 0.3) is 5.91 Å². The lowest BCUT2D eigenvalue weighted by atomic mass is 10.1. The van der Waals surface area contributed by atoms with E-state index in [1.165, 1.54) is 11.7 Å². The van der Waals surface area contributed by atoms with Gasteiger partial charge >= 0.3 is 12.0 Å². The van der Waals surface area contributed by atoms with Crippen molar-refractivity contribution in [1.29, 1.82) is 0 Å². The molecular formula is C22H20Cl2N4O4. The molecule has 1 atom stereocenters. The molecule has 0 aliphatic heterocycles. The molecule has 166 valence electrons. The summed E-state index contributed by atoms with van der Waals surface area (Å²) >= 11 is 12.6. The van der Waals surface area contributed by atoms with E-state index < -0.39 is 24.0 Å². The number of hydrogen-bond acceptors (Lipinski definition) is 5. The van der Waals surface area contributed by atoms with Crippen LogP contribution in [0.25, 0.3) is 0 Å². The number of benzene rings is 2. The maximum atomic E-state index is 13.0. The Balaban J connectivity index is 1.88. The molecule has 0 bridgehead atoms. The number of amides is 3. The molecule has 0 spiro atoms. The predicted molar refractivity (Wildman–Crippen MR) is 120 cm³/mol. The van der Waals surface area contributed by atoms with Gasteiger partial charge in [0.2, 0.25) is 6.10 Å². The number of rotatable bonds is 6. The summed E-state index contributed by atoms with van der Waals surface area (Å²) in [5.74, 6) is -1.65. The fourth-order valence-corrected chi connectivity index (χ4v) is 3.49. The molecule has 32 heavy (non-hydrogen) atoms. The Labute approximate surface area is 194 Å². The highest BCUT2D eigenvalue weighted by atomic mass is 35.5. The van der Waals surface area contributed by atoms with Crippen LogP contribution in [0.2, 0.25) is 10.2 Å². The van der Waals surface area contributed by atoms with Gasteiger partial charge in [-0.15, -0.1) is 0 Å². The second kappa shape index (κ2) is 10.3. The van der Waals surface area contributed by atoms with Crippen LogP contribution in [0.15, 0.2) is 54.6 Å². The fourth-order valence-electron chi connectivity index (χ4n) is 2.98. The molecule has 8 nitrogen and oxygen atoms in total. The van der Waals surface area contributed by atoms with E-state index in [1.54, 1.807) is 49.4 Å². The van der Waals surface area contributed by atoms with Crippen LogP contribution >= 0.6 is 23.2 Å². The highest BCUT2D eigenvalue weighted by Gasteiger charge is 2.30. The average molecular weight is 475 g/mol. The van der Waals surface area contributed by atoms with Gasteiger partial charge in [0.15, 0.2) is 0 Å². The summed E-state index contributed by atoms with van der Waals surface area (Å²) in [7, 11) is 1.36. The van der Waals surface area contributed by atoms with Crippen molar-refractivity contribution in [2.45, 2.75) is 19.6 Å². The van der Waals surface area contributed by atoms with Crippen LogP contribution in [0.5, 0.6) is 0 Å². The summed E-state index contributed by atoms with van der Waals surface area (Å²) in [6.07, 6.45) is -1.37. The van der Waals surface area contributed by atoms with Crippen LogP contribution in [0.4, 0.5) is 4.79 Å². The molecule has 10 heteroatoms. The lowest BCUT2D eigenvalue weighted by Gasteiger charge is -2.17. The SMILES string of the molecule is CNC(=O)NC(=O)C(OC(=O)c1c(C)nn(Cc2ccccc2Cl)c1Cl)c1ccccc1. The zero-order chi connectivity index (χ0) is 23.3. The predicted octanol–water partition coefficient (Wildman–Crippen LogP) is 3.90. The summed E-state index contributed by atoms with van der Waals surface area (Å²) in [5.41, 5.74) is 1.50. The van der Waals surface area contributed by atoms with E-state index in [9.17, 15) is 14.4 Å². The van der Waals surface area contributed by atoms with E-state index in [-0.39, 0.29) is 17.3 Å². The Morgan fingerprint density at radius 3 is 2.38 bits per heavy atom. The van der Waals surface area contributed by atoms with E-state index >= 15 is 0 Å². The minimum absolute atomic E-state index is 0.0207. The number of urea groups is 1. The molecule has 1 aromatic heterocycles. The van der Waals surface area contributed by atoms with Crippen molar-refractivity contribution in [2.24, 2.45) is 0 Å².